The molecule has 3 rings (SSSR count). The number of nitrogens with zero attached hydrogens (tertiary/aromatic N) is 1. The van der Waals surface area contributed by atoms with E-state index >= 15 is 0 Å². The Kier molecular flexibility index (Phi) is 6.24. The Hall–Kier alpha value is -2.13. The molecule has 1 heterocycles. The highest BCUT2D eigenvalue weighted by Gasteiger charge is 2.22. The van der Waals surface area contributed by atoms with Gasteiger partial charge in [0.15, 0.2) is 0 Å². The second-order valence-electron chi connectivity index (χ2n) is 6.84. The van der Waals surface area contributed by atoms with Gasteiger partial charge in [-0.1, -0.05) is 61.5 Å². The van der Waals surface area contributed by atoms with Crippen molar-refractivity contribution in [3.63, 3.8) is 0 Å². The van der Waals surface area contributed by atoms with E-state index in [1.54, 1.807) is 0 Å². The van der Waals surface area contributed by atoms with Crippen LogP contribution in [0.1, 0.15) is 36.5 Å². The molecule has 1 aliphatic heterocycles. The van der Waals surface area contributed by atoms with E-state index in [9.17, 15) is 4.79 Å². The Morgan fingerprint density at radius 2 is 1.80 bits per heavy atom. The first-order valence-corrected chi connectivity index (χ1v) is 9.37. The Bertz CT molecular complexity index is 683. The van der Waals surface area contributed by atoms with Gasteiger partial charge in [0.2, 0.25) is 5.91 Å². The molecule has 2 aromatic rings. The predicted octanol–water partition coefficient (Wildman–Crippen LogP) is 3.57. The van der Waals surface area contributed by atoms with Crippen molar-refractivity contribution in [3.8, 4) is 0 Å². The summed E-state index contributed by atoms with van der Waals surface area (Å²) in [4.78, 5) is 14.7. The lowest BCUT2D eigenvalue weighted by molar-refractivity contribution is -0.121. The topological polar surface area (TPSA) is 32.3 Å². The molecule has 0 fully saturated rings. The molecule has 0 radical (unpaired) electrons. The summed E-state index contributed by atoms with van der Waals surface area (Å²) in [7, 11) is 0. The highest BCUT2D eigenvalue weighted by Crippen LogP contribution is 2.21. The molecule has 0 spiro atoms. The SMILES string of the molecule is CCC(CNC(=O)CCc1ccccc1)N1CCc2ccccc2C1. The highest BCUT2D eigenvalue weighted by atomic mass is 16.1. The Labute approximate surface area is 151 Å². The van der Waals surface area contributed by atoms with Gasteiger partial charge in [-0.15, -0.1) is 0 Å². The number of carbonyl (C=O) groups excluding carboxylic acids is 1. The number of rotatable bonds is 7. The van der Waals surface area contributed by atoms with Crippen LogP contribution in [-0.2, 0) is 24.2 Å². The van der Waals surface area contributed by atoms with Crippen molar-refractivity contribution in [3.05, 3.63) is 71.3 Å². The van der Waals surface area contributed by atoms with Gasteiger partial charge < -0.3 is 5.32 Å². The van der Waals surface area contributed by atoms with E-state index in [0.717, 1.165) is 38.9 Å². The molecular weight excluding hydrogens is 308 g/mol. The first-order chi connectivity index (χ1) is 12.3. The van der Waals surface area contributed by atoms with E-state index in [1.165, 1.54) is 16.7 Å². The number of carbonyl (C=O) groups is 1. The maximum Gasteiger partial charge on any atom is 0.220 e. The van der Waals surface area contributed by atoms with Crippen molar-refractivity contribution < 1.29 is 4.79 Å². The van der Waals surface area contributed by atoms with Gasteiger partial charge in [-0.2, -0.15) is 0 Å². The van der Waals surface area contributed by atoms with Gasteiger partial charge in [-0.3, -0.25) is 9.69 Å². The fourth-order valence-electron chi connectivity index (χ4n) is 3.58. The smallest absolute Gasteiger partial charge is 0.220 e. The summed E-state index contributed by atoms with van der Waals surface area (Å²) < 4.78 is 0. The number of benzene rings is 2. The Morgan fingerprint density at radius 3 is 2.56 bits per heavy atom. The second kappa shape index (κ2) is 8.82. The van der Waals surface area contributed by atoms with Crippen LogP contribution >= 0.6 is 0 Å². The van der Waals surface area contributed by atoms with E-state index in [2.05, 4.69) is 53.5 Å². The molecule has 1 N–H and O–H groups in total. The third-order valence-electron chi connectivity index (χ3n) is 5.17. The second-order valence-corrected chi connectivity index (χ2v) is 6.84. The van der Waals surface area contributed by atoms with Crippen LogP contribution in [0.4, 0.5) is 0 Å². The maximum atomic E-state index is 12.2. The van der Waals surface area contributed by atoms with E-state index in [4.69, 9.17) is 0 Å². The van der Waals surface area contributed by atoms with Crippen LogP contribution in [0.25, 0.3) is 0 Å². The first-order valence-electron chi connectivity index (χ1n) is 9.37. The Balaban J connectivity index is 1.47. The summed E-state index contributed by atoms with van der Waals surface area (Å²) in [6.45, 7) is 5.03. The minimum absolute atomic E-state index is 0.153. The number of hydrogen-bond acceptors (Lipinski definition) is 2. The van der Waals surface area contributed by atoms with Crippen LogP contribution in [-0.4, -0.2) is 29.9 Å². The average molecular weight is 336 g/mol. The van der Waals surface area contributed by atoms with Crippen molar-refractivity contribution in [1.82, 2.24) is 10.2 Å². The number of amides is 1. The van der Waals surface area contributed by atoms with Crippen LogP contribution in [0.15, 0.2) is 54.6 Å². The summed E-state index contributed by atoms with van der Waals surface area (Å²) in [5.74, 6) is 0.153. The summed E-state index contributed by atoms with van der Waals surface area (Å²) in [5, 5.41) is 3.14. The third kappa shape index (κ3) is 4.93. The molecule has 0 saturated carbocycles. The molecule has 132 valence electrons. The van der Waals surface area contributed by atoms with Crippen LogP contribution in [0.5, 0.6) is 0 Å². The lowest BCUT2D eigenvalue weighted by Gasteiger charge is -2.35. The minimum Gasteiger partial charge on any atom is -0.355 e. The summed E-state index contributed by atoms with van der Waals surface area (Å²) >= 11 is 0. The maximum absolute atomic E-state index is 12.2. The van der Waals surface area contributed by atoms with Crippen LogP contribution < -0.4 is 5.32 Å². The van der Waals surface area contributed by atoms with Gasteiger partial charge in [0, 0.05) is 32.1 Å². The molecule has 0 bridgehead atoms. The van der Waals surface area contributed by atoms with Gasteiger partial charge in [0.1, 0.15) is 0 Å². The Morgan fingerprint density at radius 1 is 1.08 bits per heavy atom. The van der Waals surface area contributed by atoms with E-state index < -0.39 is 0 Å². The lowest BCUT2D eigenvalue weighted by Crippen LogP contribution is -2.45. The largest absolute Gasteiger partial charge is 0.355 e. The summed E-state index contributed by atoms with van der Waals surface area (Å²) in [5.41, 5.74) is 4.13. The van der Waals surface area contributed by atoms with Gasteiger partial charge in [-0.25, -0.2) is 0 Å². The lowest BCUT2D eigenvalue weighted by atomic mass is 9.98. The fourth-order valence-corrected chi connectivity index (χ4v) is 3.58. The van der Waals surface area contributed by atoms with Gasteiger partial charge in [0.05, 0.1) is 0 Å². The van der Waals surface area contributed by atoms with Crippen molar-refractivity contribution in [1.29, 1.82) is 0 Å². The molecule has 1 aliphatic rings. The van der Waals surface area contributed by atoms with Crippen LogP contribution in [0, 0.1) is 0 Å². The number of nitrogens with one attached hydrogen (secondary N) is 1. The van der Waals surface area contributed by atoms with Gasteiger partial charge >= 0.3 is 0 Å². The van der Waals surface area contributed by atoms with E-state index in [-0.39, 0.29) is 5.91 Å². The molecule has 25 heavy (non-hydrogen) atoms. The molecule has 1 amide bonds. The van der Waals surface area contributed by atoms with Gasteiger partial charge in [-0.05, 0) is 36.0 Å². The number of fused-ring (bicyclic) bond motifs is 1. The van der Waals surface area contributed by atoms with Crippen molar-refractivity contribution >= 4 is 5.91 Å². The van der Waals surface area contributed by atoms with Crippen molar-refractivity contribution in [2.45, 2.75) is 45.2 Å². The highest BCUT2D eigenvalue weighted by molar-refractivity contribution is 5.76. The van der Waals surface area contributed by atoms with E-state index in [0.29, 0.717) is 12.5 Å². The van der Waals surface area contributed by atoms with Crippen molar-refractivity contribution in [2.75, 3.05) is 13.1 Å². The molecular formula is C22H28N2O. The zero-order chi connectivity index (χ0) is 17.5. The minimum atomic E-state index is 0.153. The quantitative estimate of drug-likeness (QED) is 0.838. The molecule has 0 aromatic heterocycles. The molecule has 1 unspecified atom stereocenters. The molecule has 1 atom stereocenters. The van der Waals surface area contributed by atoms with E-state index in [1.807, 2.05) is 18.2 Å². The summed E-state index contributed by atoms with van der Waals surface area (Å²) in [6, 6.07) is 19.3. The molecule has 0 saturated heterocycles. The number of hydrogen-bond donors (Lipinski definition) is 1. The standard InChI is InChI=1S/C22H28N2O/c1-2-21(24-15-14-19-10-6-7-11-20(19)17-24)16-23-22(25)13-12-18-8-4-3-5-9-18/h3-11,21H,2,12-17H2,1H3,(H,23,25). The predicted molar refractivity (Wildman–Crippen MR) is 102 cm³/mol. The zero-order valence-corrected chi connectivity index (χ0v) is 15.1. The fraction of sp³-hybridized carbons (Fsp3) is 0.409. The van der Waals surface area contributed by atoms with Crippen molar-refractivity contribution in [2.24, 2.45) is 0 Å². The normalized spacial score (nSPS) is 15.4. The molecule has 3 heteroatoms. The number of aryl methyl sites for hydroxylation is 1. The monoisotopic (exact) mass is 336 g/mol. The van der Waals surface area contributed by atoms with Gasteiger partial charge in [0.25, 0.3) is 0 Å². The molecule has 0 aliphatic carbocycles. The first kappa shape index (κ1) is 17.7. The molecule has 3 nitrogen and oxygen atoms in total. The zero-order valence-electron chi connectivity index (χ0n) is 15.1. The average Bonchev–Trinajstić information content (AvgIpc) is 2.67. The molecule has 2 aromatic carbocycles. The van der Waals surface area contributed by atoms with Crippen LogP contribution in [0.2, 0.25) is 0 Å². The summed E-state index contributed by atoms with van der Waals surface area (Å²) in [6.07, 6.45) is 3.53. The third-order valence-corrected chi connectivity index (χ3v) is 5.17. The van der Waals surface area contributed by atoms with Crippen LogP contribution in [0.3, 0.4) is 0 Å².